The molecule has 2 amide bonds. The maximum Gasteiger partial charge on any atom is 0.258 e. The molecule has 1 saturated heterocycles. The lowest BCUT2D eigenvalue weighted by molar-refractivity contribution is -0.125. The summed E-state index contributed by atoms with van der Waals surface area (Å²) in [5.74, 6) is 0.115. The number of hydrogen-bond donors (Lipinski definition) is 3. The molecule has 9 heteroatoms. The number of benzene rings is 2. The summed E-state index contributed by atoms with van der Waals surface area (Å²) in [5.41, 5.74) is 6.86. The fraction of sp³-hybridized carbons (Fsp3) is 0.231. The lowest BCUT2D eigenvalue weighted by Gasteiger charge is -2.15. The van der Waals surface area contributed by atoms with Crippen LogP contribution in [0.3, 0.4) is 0 Å². The Labute approximate surface area is 203 Å². The Morgan fingerprint density at radius 3 is 2.60 bits per heavy atom. The van der Waals surface area contributed by atoms with Crippen molar-refractivity contribution >= 4 is 17.8 Å². The standard InChI is InChI=1S/C26H27N7O2/c34-24(31-32-13-4-5-14-32)12-11-22-18-33(23-9-2-1-3-10-23)26(29-22)30-25(35)20-8-6-7-19(15-20)21-16-27-28-17-21/h1-3,6-10,15-18H,4-5,11-14H2,(H,27,28)(H,31,34)(H,29,30,35). The summed E-state index contributed by atoms with van der Waals surface area (Å²) >= 11 is 0. The van der Waals surface area contributed by atoms with Gasteiger partial charge in [0.2, 0.25) is 11.9 Å². The molecular weight excluding hydrogens is 442 g/mol. The van der Waals surface area contributed by atoms with Crippen LogP contribution in [0.15, 0.2) is 73.2 Å². The predicted molar refractivity (Wildman–Crippen MR) is 133 cm³/mol. The maximum atomic E-state index is 13.1. The summed E-state index contributed by atoms with van der Waals surface area (Å²) in [7, 11) is 0. The molecule has 0 unspecified atom stereocenters. The predicted octanol–water partition coefficient (Wildman–Crippen LogP) is 3.57. The molecule has 0 aliphatic carbocycles. The van der Waals surface area contributed by atoms with E-state index >= 15 is 0 Å². The van der Waals surface area contributed by atoms with E-state index in [1.54, 1.807) is 18.5 Å². The van der Waals surface area contributed by atoms with Crippen molar-refractivity contribution in [2.45, 2.75) is 25.7 Å². The van der Waals surface area contributed by atoms with Gasteiger partial charge in [-0.05, 0) is 42.7 Å². The highest BCUT2D eigenvalue weighted by atomic mass is 16.2. The molecule has 0 bridgehead atoms. The van der Waals surface area contributed by atoms with Gasteiger partial charge in [-0.1, -0.05) is 30.3 Å². The number of hydrazine groups is 1. The quantitative estimate of drug-likeness (QED) is 0.366. The Bertz CT molecular complexity index is 1290. The fourth-order valence-corrected chi connectivity index (χ4v) is 4.15. The number of anilines is 1. The van der Waals surface area contributed by atoms with Gasteiger partial charge in [0, 0.05) is 55.1 Å². The Kier molecular flexibility index (Phi) is 6.67. The maximum absolute atomic E-state index is 13.1. The van der Waals surface area contributed by atoms with Crippen LogP contribution in [0.25, 0.3) is 16.8 Å². The van der Waals surface area contributed by atoms with Crippen LogP contribution < -0.4 is 10.7 Å². The number of imidazole rings is 1. The number of aromatic amines is 1. The average Bonchev–Trinajstić information content (AvgIpc) is 3.66. The molecule has 2 aromatic heterocycles. The van der Waals surface area contributed by atoms with Crippen LogP contribution in [0.1, 0.15) is 35.3 Å². The van der Waals surface area contributed by atoms with E-state index in [1.807, 2.05) is 64.3 Å². The van der Waals surface area contributed by atoms with E-state index in [2.05, 4.69) is 25.9 Å². The first-order valence-corrected chi connectivity index (χ1v) is 11.7. The lowest BCUT2D eigenvalue weighted by atomic mass is 10.1. The Morgan fingerprint density at radius 1 is 1.00 bits per heavy atom. The summed E-state index contributed by atoms with van der Waals surface area (Å²) in [6, 6.07) is 17.0. The second kappa shape index (κ2) is 10.4. The zero-order chi connectivity index (χ0) is 24.0. The highest BCUT2D eigenvalue weighted by Gasteiger charge is 2.17. The molecule has 3 heterocycles. The van der Waals surface area contributed by atoms with Gasteiger partial charge in [-0.3, -0.25) is 30.0 Å². The molecule has 178 valence electrons. The van der Waals surface area contributed by atoms with Crippen LogP contribution in [0.4, 0.5) is 5.95 Å². The van der Waals surface area contributed by atoms with Crippen molar-refractivity contribution in [2.24, 2.45) is 0 Å². The van der Waals surface area contributed by atoms with E-state index in [1.165, 1.54) is 0 Å². The van der Waals surface area contributed by atoms with E-state index in [-0.39, 0.29) is 11.8 Å². The van der Waals surface area contributed by atoms with Crippen molar-refractivity contribution in [3.63, 3.8) is 0 Å². The van der Waals surface area contributed by atoms with E-state index in [4.69, 9.17) is 0 Å². The summed E-state index contributed by atoms with van der Waals surface area (Å²) < 4.78 is 1.84. The van der Waals surface area contributed by atoms with Gasteiger partial charge in [0.15, 0.2) is 0 Å². The number of carbonyl (C=O) groups excluding carboxylic acids is 2. The number of para-hydroxylation sites is 1. The van der Waals surface area contributed by atoms with E-state index in [0.29, 0.717) is 24.4 Å². The molecule has 9 nitrogen and oxygen atoms in total. The molecular formula is C26H27N7O2. The Morgan fingerprint density at radius 2 is 1.83 bits per heavy atom. The number of aryl methyl sites for hydroxylation is 1. The number of H-pyrrole nitrogens is 1. The Hall–Kier alpha value is -4.24. The van der Waals surface area contributed by atoms with Crippen molar-refractivity contribution in [3.8, 4) is 16.8 Å². The number of amides is 2. The number of hydrogen-bond acceptors (Lipinski definition) is 5. The zero-order valence-electron chi connectivity index (χ0n) is 19.3. The number of carbonyl (C=O) groups is 2. The second-order valence-corrected chi connectivity index (χ2v) is 8.51. The van der Waals surface area contributed by atoms with Crippen molar-refractivity contribution in [1.29, 1.82) is 0 Å². The number of rotatable bonds is 8. The van der Waals surface area contributed by atoms with Crippen LogP contribution >= 0.6 is 0 Å². The van der Waals surface area contributed by atoms with Gasteiger partial charge in [-0.25, -0.2) is 9.99 Å². The van der Waals surface area contributed by atoms with Crippen molar-refractivity contribution < 1.29 is 9.59 Å². The van der Waals surface area contributed by atoms with Crippen LogP contribution in [-0.4, -0.2) is 49.7 Å². The van der Waals surface area contributed by atoms with Gasteiger partial charge < -0.3 is 0 Å². The minimum Gasteiger partial charge on any atom is -0.292 e. The Balaban J connectivity index is 1.33. The first kappa shape index (κ1) is 22.5. The van der Waals surface area contributed by atoms with Crippen LogP contribution in [-0.2, 0) is 11.2 Å². The van der Waals surface area contributed by atoms with Crippen LogP contribution in [0.5, 0.6) is 0 Å². The van der Waals surface area contributed by atoms with Gasteiger partial charge in [-0.15, -0.1) is 0 Å². The molecule has 5 rings (SSSR count). The summed E-state index contributed by atoms with van der Waals surface area (Å²) in [5, 5.41) is 11.7. The first-order valence-electron chi connectivity index (χ1n) is 11.7. The number of nitrogens with one attached hydrogen (secondary N) is 3. The summed E-state index contributed by atoms with van der Waals surface area (Å²) in [6.45, 7) is 1.79. The second-order valence-electron chi connectivity index (χ2n) is 8.51. The van der Waals surface area contributed by atoms with E-state index in [9.17, 15) is 9.59 Å². The SMILES string of the molecule is O=C(CCc1cn(-c2ccccc2)c(NC(=O)c2cccc(-c3cn[nH]c3)c2)n1)NN1CCCC1. The zero-order valence-corrected chi connectivity index (χ0v) is 19.3. The lowest BCUT2D eigenvalue weighted by Crippen LogP contribution is -2.40. The van der Waals surface area contributed by atoms with Gasteiger partial charge >= 0.3 is 0 Å². The molecule has 1 fully saturated rings. The molecule has 1 aliphatic rings. The molecule has 0 spiro atoms. The fourth-order valence-electron chi connectivity index (χ4n) is 4.15. The van der Waals surface area contributed by atoms with Crippen LogP contribution in [0, 0.1) is 0 Å². The van der Waals surface area contributed by atoms with Gasteiger partial charge in [-0.2, -0.15) is 5.10 Å². The van der Waals surface area contributed by atoms with Crippen LogP contribution in [0.2, 0.25) is 0 Å². The normalized spacial score (nSPS) is 13.6. The third kappa shape index (κ3) is 5.47. The minimum absolute atomic E-state index is 0.0252. The number of aromatic nitrogens is 4. The largest absolute Gasteiger partial charge is 0.292 e. The molecule has 4 aromatic rings. The molecule has 0 radical (unpaired) electrons. The summed E-state index contributed by atoms with van der Waals surface area (Å²) in [6.07, 6.45) is 8.37. The smallest absolute Gasteiger partial charge is 0.258 e. The van der Waals surface area contributed by atoms with Crippen molar-refractivity contribution in [3.05, 3.63) is 84.4 Å². The number of nitrogens with zero attached hydrogens (tertiary/aromatic N) is 4. The highest BCUT2D eigenvalue weighted by Crippen LogP contribution is 2.21. The topological polar surface area (TPSA) is 108 Å². The monoisotopic (exact) mass is 469 g/mol. The highest BCUT2D eigenvalue weighted by molar-refractivity contribution is 6.04. The van der Waals surface area contributed by atoms with E-state index < -0.39 is 0 Å². The summed E-state index contributed by atoms with van der Waals surface area (Å²) in [4.78, 5) is 30.1. The molecule has 0 saturated carbocycles. The molecule has 0 atom stereocenters. The third-order valence-corrected chi connectivity index (χ3v) is 5.97. The average molecular weight is 470 g/mol. The van der Waals surface area contributed by atoms with Crippen molar-refractivity contribution in [1.82, 2.24) is 30.2 Å². The van der Waals surface area contributed by atoms with Gasteiger partial charge in [0.1, 0.15) is 0 Å². The minimum atomic E-state index is -0.267. The molecule has 3 N–H and O–H groups in total. The van der Waals surface area contributed by atoms with E-state index in [0.717, 1.165) is 48.4 Å². The van der Waals surface area contributed by atoms with Gasteiger partial charge in [0.05, 0.1) is 11.9 Å². The molecule has 2 aromatic carbocycles. The molecule has 35 heavy (non-hydrogen) atoms. The third-order valence-electron chi connectivity index (χ3n) is 5.97. The first-order chi connectivity index (χ1) is 17.2. The van der Waals surface area contributed by atoms with Crippen molar-refractivity contribution in [2.75, 3.05) is 18.4 Å². The molecule has 1 aliphatic heterocycles. The van der Waals surface area contributed by atoms with Gasteiger partial charge in [0.25, 0.3) is 5.91 Å².